The Kier molecular flexibility index (Phi) is 5.73. The SMILES string of the molecule is C=CCCC[C@@H](NC(=O)c1cccc(F)c1)C(N)=O. The third kappa shape index (κ3) is 4.91. The third-order valence-electron chi connectivity index (χ3n) is 2.64. The van der Waals surface area contributed by atoms with Crippen LogP contribution in [0.5, 0.6) is 0 Å². The molecular formula is C14H17FN2O2. The van der Waals surface area contributed by atoms with Gasteiger partial charge >= 0.3 is 0 Å². The Hall–Kier alpha value is -2.17. The van der Waals surface area contributed by atoms with Crippen molar-refractivity contribution < 1.29 is 14.0 Å². The first-order chi connectivity index (χ1) is 9.04. The summed E-state index contributed by atoms with van der Waals surface area (Å²) in [6.07, 6.45) is 3.59. The second-order valence-corrected chi connectivity index (χ2v) is 4.16. The molecule has 0 spiro atoms. The van der Waals surface area contributed by atoms with Gasteiger partial charge in [-0.2, -0.15) is 0 Å². The summed E-state index contributed by atoms with van der Waals surface area (Å²) in [6, 6.07) is 4.50. The van der Waals surface area contributed by atoms with Crippen LogP contribution in [-0.2, 0) is 4.79 Å². The van der Waals surface area contributed by atoms with Crippen LogP contribution in [0.15, 0.2) is 36.9 Å². The summed E-state index contributed by atoms with van der Waals surface area (Å²) < 4.78 is 13.0. The molecule has 0 bridgehead atoms. The van der Waals surface area contributed by atoms with Crippen LogP contribution in [-0.4, -0.2) is 17.9 Å². The second kappa shape index (κ2) is 7.31. The predicted octanol–water partition coefficient (Wildman–Crippen LogP) is 1.77. The van der Waals surface area contributed by atoms with Crippen LogP contribution >= 0.6 is 0 Å². The van der Waals surface area contributed by atoms with Crippen LogP contribution in [0, 0.1) is 5.82 Å². The minimum Gasteiger partial charge on any atom is -0.368 e. The van der Waals surface area contributed by atoms with Crippen molar-refractivity contribution in [1.82, 2.24) is 5.32 Å². The van der Waals surface area contributed by atoms with Gasteiger partial charge in [0.05, 0.1) is 0 Å². The van der Waals surface area contributed by atoms with Crippen molar-refractivity contribution in [1.29, 1.82) is 0 Å². The van der Waals surface area contributed by atoms with Gasteiger partial charge in [0, 0.05) is 5.56 Å². The first-order valence-electron chi connectivity index (χ1n) is 6.01. The highest BCUT2D eigenvalue weighted by Crippen LogP contribution is 2.06. The van der Waals surface area contributed by atoms with Gasteiger partial charge in [0.1, 0.15) is 11.9 Å². The van der Waals surface area contributed by atoms with E-state index in [-0.39, 0.29) is 5.56 Å². The van der Waals surface area contributed by atoms with Crippen molar-refractivity contribution in [3.05, 3.63) is 48.3 Å². The number of primary amides is 1. The van der Waals surface area contributed by atoms with E-state index in [9.17, 15) is 14.0 Å². The number of carbonyl (C=O) groups excluding carboxylic acids is 2. The van der Waals surface area contributed by atoms with E-state index in [1.165, 1.54) is 18.2 Å². The highest BCUT2D eigenvalue weighted by Gasteiger charge is 2.18. The van der Waals surface area contributed by atoms with Gasteiger partial charge < -0.3 is 11.1 Å². The number of nitrogens with two attached hydrogens (primary N) is 1. The second-order valence-electron chi connectivity index (χ2n) is 4.16. The number of carbonyl (C=O) groups is 2. The summed E-state index contributed by atoms with van der Waals surface area (Å²) >= 11 is 0. The lowest BCUT2D eigenvalue weighted by atomic mass is 10.1. The molecule has 0 heterocycles. The highest BCUT2D eigenvalue weighted by atomic mass is 19.1. The Labute approximate surface area is 111 Å². The average molecular weight is 264 g/mol. The molecule has 1 aromatic carbocycles. The van der Waals surface area contributed by atoms with Crippen molar-refractivity contribution in [3.8, 4) is 0 Å². The maximum absolute atomic E-state index is 13.0. The molecule has 1 aromatic rings. The van der Waals surface area contributed by atoms with Gasteiger partial charge in [-0.15, -0.1) is 6.58 Å². The Bertz CT molecular complexity index is 474. The summed E-state index contributed by atoms with van der Waals surface area (Å²) in [7, 11) is 0. The number of halogens is 1. The number of benzene rings is 1. The standard InChI is InChI=1S/C14H17FN2O2/c1-2-3-4-8-12(13(16)18)17-14(19)10-6-5-7-11(15)9-10/h2,5-7,9,12H,1,3-4,8H2,(H2,16,18)(H,17,19)/t12-/m1/s1. The van der Waals surface area contributed by atoms with E-state index >= 15 is 0 Å². The predicted molar refractivity (Wildman–Crippen MR) is 70.9 cm³/mol. The minimum atomic E-state index is -0.754. The van der Waals surface area contributed by atoms with Crippen molar-refractivity contribution in [3.63, 3.8) is 0 Å². The Balaban J connectivity index is 2.65. The van der Waals surface area contributed by atoms with E-state index < -0.39 is 23.7 Å². The highest BCUT2D eigenvalue weighted by molar-refractivity contribution is 5.97. The molecule has 3 N–H and O–H groups in total. The lowest BCUT2D eigenvalue weighted by Crippen LogP contribution is -2.44. The topological polar surface area (TPSA) is 72.2 Å². The summed E-state index contributed by atoms with van der Waals surface area (Å²) in [6.45, 7) is 3.58. The van der Waals surface area contributed by atoms with Crippen molar-refractivity contribution >= 4 is 11.8 Å². The molecule has 1 rings (SSSR count). The van der Waals surface area contributed by atoms with Gasteiger partial charge in [0.15, 0.2) is 0 Å². The number of hydrogen-bond donors (Lipinski definition) is 2. The van der Waals surface area contributed by atoms with E-state index in [0.29, 0.717) is 12.8 Å². The molecule has 0 aromatic heterocycles. The molecule has 5 heteroatoms. The van der Waals surface area contributed by atoms with Gasteiger partial charge in [-0.1, -0.05) is 12.1 Å². The lowest BCUT2D eigenvalue weighted by Gasteiger charge is -2.15. The molecule has 19 heavy (non-hydrogen) atoms. The largest absolute Gasteiger partial charge is 0.368 e. The third-order valence-corrected chi connectivity index (χ3v) is 2.64. The number of rotatable bonds is 7. The molecule has 1 atom stereocenters. The fourth-order valence-corrected chi connectivity index (χ4v) is 1.62. The zero-order valence-electron chi connectivity index (χ0n) is 10.6. The average Bonchev–Trinajstić information content (AvgIpc) is 2.37. The molecule has 0 saturated carbocycles. The summed E-state index contributed by atoms with van der Waals surface area (Å²) in [5, 5.41) is 2.50. The van der Waals surface area contributed by atoms with E-state index in [1.54, 1.807) is 6.08 Å². The zero-order chi connectivity index (χ0) is 14.3. The number of unbranched alkanes of at least 4 members (excludes halogenated alkanes) is 1. The monoisotopic (exact) mass is 264 g/mol. The normalized spacial score (nSPS) is 11.6. The Morgan fingerprint density at radius 1 is 1.47 bits per heavy atom. The van der Waals surface area contributed by atoms with Gasteiger partial charge in [0.2, 0.25) is 5.91 Å². The molecule has 0 radical (unpaired) electrons. The van der Waals surface area contributed by atoms with Crippen molar-refractivity contribution in [2.24, 2.45) is 5.73 Å². The fourth-order valence-electron chi connectivity index (χ4n) is 1.62. The smallest absolute Gasteiger partial charge is 0.252 e. The number of nitrogens with one attached hydrogen (secondary N) is 1. The maximum atomic E-state index is 13.0. The fraction of sp³-hybridized carbons (Fsp3) is 0.286. The Morgan fingerprint density at radius 3 is 2.79 bits per heavy atom. The quantitative estimate of drug-likeness (QED) is 0.582. The molecule has 0 aliphatic carbocycles. The van der Waals surface area contributed by atoms with Crippen LogP contribution < -0.4 is 11.1 Å². The lowest BCUT2D eigenvalue weighted by molar-refractivity contribution is -0.120. The summed E-state index contributed by atoms with van der Waals surface area (Å²) in [5.74, 6) is -1.62. The van der Waals surface area contributed by atoms with Gasteiger partial charge in [0.25, 0.3) is 5.91 Å². The Morgan fingerprint density at radius 2 is 2.21 bits per heavy atom. The van der Waals surface area contributed by atoms with Gasteiger partial charge in [-0.05, 0) is 37.5 Å². The summed E-state index contributed by atoms with van der Waals surface area (Å²) in [4.78, 5) is 23.1. The minimum absolute atomic E-state index is 0.162. The van der Waals surface area contributed by atoms with Crippen molar-refractivity contribution in [2.45, 2.75) is 25.3 Å². The molecule has 0 saturated heterocycles. The van der Waals surface area contributed by atoms with Crippen LogP contribution in [0.2, 0.25) is 0 Å². The molecule has 4 nitrogen and oxygen atoms in total. The molecule has 102 valence electrons. The van der Waals surface area contributed by atoms with E-state index in [2.05, 4.69) is 11.9 Å². The molecular weight excluding hydrogens is 247 g/mol. The molecule has 0 fully saturated rings. The first-order valence-corrected chi connectivity index (χ1v) is 6.01. The maximum Gasteiger partial charge on any atom is 0.252 e. The van der Waals surface area contributed by atoms with Crippen LogP contribution in [0.3, 0.4) is 0 Å². The number of amides is 2. The molecule has 0 aliphatic heterocycles. The van der Waals surface area contributed by atoms with Crippen LogP contribution in [0.1, 0.15) is 29.6 Å². The van der Waals surface area contributed by atoms with Gasteiger partial charge in [-0.3, -0.25) is 9.59 Å². The van der Waals surface area contributed by atoms with Gasteiger partial charge in [-0.25, -0.2) is 4.39 Å². The van der Waals surface area contributed by atoms with Crippen molar-refractivity contribution in [2.75, 3.05) is 0 Å². The van der Waals surface area contributed by atoms with E-state index in [4.69, 9.17) is 5.73 Å². The van der Waals surface area contributed by atoms with Crippen LogP contribution in [0.4, 0.5) is 4.39 Å². The first kappa shape index (κ1) is 14.9. The van der Waals surface area contributed by atoms with E-state index in [1.807, 2.05) is 0 Å². The number of hydrogen-bond acceptors (Lipinski definition) is 2. The summed E-state index contributed by atoms with van der Waals surface area (Å²) in [5.41, 5.74) is 5.38. The molecule has 2 amide bonds. The van der Waals surface area contributed by atoms with E-state index in [0.717, 1.165) is 12.5 Å². The molecule has 0 aliphatic rings. The number of allylic oxidation sites excluding steroid dienone is 1. The van der Waals surface area contributed by atoms with Crippen LogP contribution in [0.25, 0.3) is 0 Å². The zero-order valence-corrected chi connectivity index (χ0v) is 10.6. The molecule has 0 unspecified atom stereocenters.